The zero-order chi connectivity index (χ0) is 14.6. The molecule has 0 bridgehead atoms. The fourth-order valence-electron chi connectivity index (χ4n) is 2.75. The van der Waals surface area contributed by atoms with Crippen molar-refractivity contribution in [3.05, 3.63) is 53.3 Å². The van der Waals surface area contributed by atoms with Crippen LogP contribution in [-0.2, 0) is 7.05 Å². The van der Waals surface area contributed by atoms with Crippen LogP contribution >= 0.6 is 11.3 Å². The smallest absolute Gasteiger partial charge is 0.272 e. The van der Waals surface area contributed by atoms with Crippen molar-refractivity contribution in [2.45, 2.75) is 6.92 Å². The molecule has 0 aliphatic heterocycles. The van der Waals surface area contributed by atoms with Gasteiger partial charge in [-0.15, -0.1) is 0 Å². The van der Waals surface area contributed by atoms with Gasteiger partial charge in [-0.3, -0.25) is 0 Å². The van der Waals surface area contributed by atoms with Crippen molar-refractivity contribution in [2.24, 2.45) is 7.05 Å². The Morgan fingerprint density at radius 2 is 1.95 bits per heavy atom. The molecule has 21 heavy (non-hydrogen) atoms. The maximum absolute atomic E-state index is 13.4. The van der Waals surface area contributed by atoms with Crippen LogP contribution in [0.25, 0.3) is 32.5 Å². The van der Waals surface area contributed by atoms with E-state index in [1.807, 2.05) is 19.3 Å². The van der Waals surface area contributed by atoms with Crippen molar-refractivity contribution in [3.63, 3.8) is 0 Å². The molecule has 2 heterocycles. The molecule has 0 atom stereocenters. The molecule has 0 radical (unpaired) electrons. The number of fused-ring (bicyclic) bond motifs is 3. The van der Waals surface area contributed by atoms with E-state index in [0.717, 1.165) is 32.5 Å². The minimum Gasteiger partial charge on any atom is -0.455 e. The molecule has 0 fully saturated rings. The van der Waals surface area contributed by atoms with Crippen molar-refractivity contribution in [3.8, 4) is 10.6 Å². The van der Waals surface area contributed by atoms with Crippen LogP contribution in [0.4, 0.5) is 4.39 Å². The summed E-state index contributed by atoms with van der Waals surface area (Å²) in [6.07, 6.45) is 2.03. The summed E-state index contributed by atoms with van der Waals surface area (Å²) in [5.41, 5.74) is 3.66. The van der Waals surface area contributed by atoms with Gasteiger partial charge in [0.1, 0.15) is 24.0 Å². The van der Waals surface area contributed by atoms with Crippen molar-refractivity contribution in [2.75, 3.05) is 0 Å². The third-order valence-corrected chi connectivity index (χ3v) is 4.78. The van der Waals surface area contributed by atoms with Crippen LogP contribution in [-0.4, -0.2) is 0 Å². The van der Waals surface area contributed by atoms with Gasteiger partial charge < -0.3 is 4.42 Å². The molecular formula is C17H13FNOS+. The lowest BCUT2D eigenvalue weighted by Crippen LogP contribution is -2.26. The Balaban J connectivity index is 2.17. The molecule has 2 aromatic heterocycles. The van der Waals surface area contributed by atoms with Gasteiger partial charge in [0.15, 0.2) is 11.8 Å². The summed E-state index contributed by atoms with van der Waals surface area (Å²) >= 11 is 1.67. The molecule has 0 N–H and O–H groups in total. The van der Waals surface area contributed by atoms with Gasteiger partial charge in [-0.2, -0.15) is 4.57 Å². The highest BCUT2D eigenvalue weighted by molar-refractivity contribution is 7.12. The highest BCUT2D eigenvalue weighted by Crippen LogP contribution is 2.38. The molecule has 2 nitrogen and oxygen atoms in total. The first kappa shape index (κ1) is 12.5. The normalized spacial score (nSPS) is 11.6. The highest BCUT2D eigenvalue weighted by Gasteiger charge is 2.21. The molecule has 0 aliphatic rings. The van der Waals surface area contributed by atoms with E-state index in [2.05, 4.69) is 22.9 Å². The molecule has 4 rings (SSSR count). The first-order valence-corrected chi connectivity index (χ1v) is 7.58. The second-order valence-corrected chi connectivity index (χ2v) is 6.09. The summed E-state index contributed by atoms with van der Waals surface area (Å²) in [5.74, 6) is -0.276. The van der Waals surface area contributed by atoms with Gasteiger partial charge in [-0.1, -0.05) is 23.5 Å². The number of aryl methyl sites for hydroxylation is 2. The molecular weight excluding hydrogens is 285 g/mol. The number of benzene rings is 2. The number of halogens is 1. The Morgan fingerprint density at radius 1 is 1.14 bits per heavy atom. The standard InChI is InChI=1S/C17H13FNOS/c1-10-3-5-13-12-6-4-11(18)9-14(12)20-16(13)15(10)17-19(2)7-8-21-17/h3-9H,1-2H3/q+1. The number of rotatable bonds is 1. The molecule has 0 saturated carbocycles. The van der Waals surface area contributed by atoms with Crippen molar-refractivity contribution in [1.82, 2.24) is 0 Å². The van der Waals surface area contributed by atoms with Crippen molar-refractivity contribution in [1.29, 1.82) is 0 Å². The molecule has 104 valence electrons. The summed E-state index contributed by atoms with van der Waals surface area (Å²) < 4.78 is 21.5. The van der Waals surface area contributed by atoms with Gasteiger partial charge in [-0.25, -0.2) is 4.39 Å². The lowest BCUT2D eigenvalue weighted by atomic mass is 10.0. The molecule has 2 aromatic carbocycles. The second kappa shape index (κ2) is 4.40. The Kier molecular flexibility index (Phi) is 2.62. The monoisotopic (exact) mass is 298 g/mol. The van der Waals surface area contributed by atoms with E-state index in [0.29, 0.717) is 5.58 Å². The second-order valence-electron chi connectivity index (χ2n) is 5.20. The van der Waals surface area contributed by atoms with Crippen LogP contribution in [0.2, 0.25) is 0 Å². The van der Waals surface area contributed by atoms with E-state index >= 15 is 0 Å². The van der Waals surface area contributed by atoms with E-state index < -0.39 is 0 Å². The third kappa shape index (κ3) is 1.79. The number of hydrogen-bond acceptors (Lipinski definition) is 2. The van der Waals surface area contributed by atoms with Gasteiger partial charge in [0.25, 0.3) is 5.01 Å². The van der Waals surface area contributed by atoms with Gasteiger partial charge in [0.2, 0.25) is 0 Å². The molecule has 0 unspecified atom stereocenters. The zero-order valence-electron chi connectivity index (χ0n) is 11.7. The number of hydrogen-bond donors (Lipinski definition) is 0. The van der Waals surface area contributed by atoms with Crippen molar-refractivity contribution >= 4 is 33.3 Å². The molecule has 0 saturated heterocycles. The zero-order valence-corrected chi connectivity index (χ0v) is 12.5. The van der Waals surface area contributed by atoms with Gasteiger partial charge in [0.05, 0.1) is 5.38 Å². The Labute approximate surface area is 125 Å². The average molecular weight is 298 g/mol. The highest BCUT2D eigenvalue weighted by atomic mass is 32.1. The summed E-state index contributed by atoms with van der Waals surface area (Å²) in [5, 5.41) is 5.17. The van der Waals surface area contributed by atoms with Crippen LogP contribution in [0.15, 0.2) is 46.3 Å². The largest absolute Gasteiger partial charge is 0.455 e. The van der Waals surface area contributed by atoms with E-state index in [-0.39, 0.29) is 5.82 Å². The number of nitrogens with zero attached hydrogens (tertiary/aromatic N) is 1. The van der Waals surface area contributed by atoms with Crippen LogP contribution in [0, 0.1) is 12.7 Å². The average Bonchev–Trinajstić information content (AvgIpc) is 3.01. The predicted octanol–water partition coefficient (Wildman–Crippen LogP) is 4.59. The lowest BCUT2D eigenvalue weighted by molar-refractivity contribution is -0.655. The Hall–Kier alpha value is -2.20. The SMILES string of the molecule is Cc1ccc2c(oc3cc(F)ccc32)c1-c1scc[n+]1C. The third-order valence-electron chi connectivity index (χ3n) is 3.81. The van der Waals surface area contributed by atoms with Gasteiger partial charge in [0, 0.05) is 16.8 Å². The Bertz CT molecular complexity index is 983. The Morgan fingerprint density at radius 3 is 2.71 bits per heavy atom. The summed E-state index contributed by atoms with van der Waals surface area (Å²) in [4.78, 5) is 0. The lowest BCUT2D eigenvalue weighted by Gasteiger charge is -2.01. The fraction of sp³-hybridized carbons (Fsp3) is 0.118. The summed E-state index contributed by atoms with van der Waals surface area (Å²) in [6, 6.07) is 8.84. The van der Waals surface area contributed by atoms with Gasteiger partial charge in [-0.05, 0) is 24.6 Å². The summed E-state index contributed by atoms with van der Waals surface area (Å²) in [6.45, 7) is 2.07. The van der Waals surface area contributed by atoms with Gasteiger partial charge >= 0.3 is 0 Å². The maximum Gasteiger partial charge on any atom is 0.272 e. The van der Waals surface area contributed by atoms with Crippen LogP contribution in [0.1, 0.15) is 5.56 Å². The van der Waals surface area contributed by atoms with Crippen molar-refractivity contribution < 1.29 is 13.4 Å². The molecule has 4 heteroatoms. The number of aromatic nitrogens is 1. The maximum atomic E-state index is 13.4. The van der Waals surface area contributed by atoms with Crippen LogP contribution in [0.3, 0.4) is 0 Å². The minimum atomic E-state index is -0.276. The van der Waals surface area contributed by atoms with E-state index in [1.54, 1.807) is 17.4 Å². The first-order valence-electron chi connectivity index (χ1n) is 6.70. The topological polar surface area (TPSA) is 17.0 Å². The molecule has 4 aromatic rings. The predicted molar refractivity (Wildman–Crippen MR) is 82.9 cm³/mol. The first-order chi connectivity index (χ1) is 10.1. The fourth-order valence-corrected chi connectivity index (χ4v) is 3.72. The molecule has 0 spiro atoms. The number of furan rings is 1. The van der Waals surface area contributed by atoms with Crippen LogP contribution < -0.4 is 4.57 Å². The van der Waals surface area contributed by atoms with E-state index in [9.17, 15) is 4.39 Å². The number of thiazole rings is 1. The molecule has 0 aliphatic carbocycles. The molecule has 0 amide bonds. The van der Waals surface area contributed by atoms with E-state index in [1.165, 1.54) is 12.1 Å². The van der Waals surface area contributed by atoms with Crippen LogP contribution in [0.5, 0.6) is 0 Å². The quantitative estimate of drug-likeness (QED) is 0.470. The minimum absolute atomic E-state index is 0.276. The van der Waals surface area contributed by atoms with E-state index in [4.69, 9.17) is 4.42 Å². The summed E-state index contributed by atoms with van der Waals surface area (Å²) in [7, 11) is 2.02.